The maximum absolute atomic E-state index is 13.5. The summed E-state index contributed by atoms with van der Waals surface area (Å²) in [6.45, 7) is 3.66. The number of aromatic nitrogens is 1. The van der Waals surface area contributed by atoms with Crippen LogP contribution in [-0.4, -0.2) is 44.5 Å². The molecule has 0 amide bonds. The van der Waals surface area contributed by atoms with Crippen LogP contribution in [0.3, 0.4) is 0 Å². The molecule has 6 nitrogen and oxygen atoms in total. The maximum atomic E-state index is 13.5. The van der Waals surface area contributed by atoms with E-state index in [0.717, 1.165) is 19.6 Å². The summed E-state index contributed by atoms with van der Waals surface area (Å²) in [6.07, 6.45) is 0. The lowest BCUT2D eigenvalue weighted by molar-refractivity contribution is 0.245. The van der Waals surface area contributed by atoms with Crippen LogP contribution in [0.5, 0.6) is 0 Å². The Bertz CT molecular complexity index is 1370. The SMILES string of the molecule is O=S(=O)(c1ccccc1)c1nc(-c2ccccc2Cl)oc1N1CCN(Cc2ccccc2)CC1. The van der Waals surface area contributed by atoms with Gasteiger partial charge in [-0.2, -0.15) is 4.98 Å². The smallest absolute Gasteiger partial charge is 0.236 e. The molecular formula is C26H24ClN3O3S. The van der Waals surface area contributed by atoms with Crippen molar-refractivity contribution in [3.63, 3.8) is 0 Å². The highest BCUT2D eigenvalue weighted by Gasteiger charge is 2.33. The number of halogens is 1. The van der Waals surface area contributed by atoms with Crippen LogP contribution in [0.15, 0.2) is 99.3 Å². The summed E-state index contributed by atoms with van der Waals surface area (Å²) >= 11 is 6.36. The summed E-state index contributed by atoms with van der Waals surface area (Å²) in [5.74, 6) is 0.458. The van der Waals surface area contributed by atoms with E-state index in [1.165, 1.54) is 5.56 Å². The third kappa shape index (κ3) is 4.59. The summed E-state index contributed by atoms with van der Waals surface area (Å²) < 4.78 is 33.2. The molecular weight excluding hydrogens is 470 g/mol. The summed E-state index contributed by atoms with van der Waals surface area (Å²) in [7, 11) is -3.88. The molecule has 34 heavy (non-hydrogen) atoms. The van der Waals surface area contributed by atoms with E-state index in [2.05, 4.69) is 22.0 Å². The molecule has 5 rings (SSSR count). The van der Waals surface area contributed by atoms with Crippen LogP contribution in [0.1, 0.15) is 5.56 Å². The predicted octanol–water partition coefficient (Wildman–Crippen LogP) is 5.15. The van der Waals surface area contributed by atoms with E-state index in [0.29, 0.717) is 23.7 Å². The topological polar surface area (TPSA) is 66.7 Å². The van der Waals surface area contributed by atoms with E-state index in [4.69, 9.17) is 16.0 Å². The third-order valence-corrected chi connectivity index (χ3v) is 7.90. The van der Waals surface area contributed by atoms with Crippen LogP contribution >= 0.6 is 11.6 Å². The van der Waals surface area contributed by atoms with Crippen LogP contribution in [0, 0.1) is 0 Å². The van der Waals surface area contributed by atoms with Gasteiger partial charge in [-0.1, -0.05) is 72.3 Å². The van der Waals surface area contributed by atoms with Gasteiger partial charge in [0.05, 0.1) is 15.5 Å². The van der Waals surface area contributed by atoms with Crippen molar-refractivity contribution in [2.45, 2.75) is 16.5 Å². The Balaban J connectivity index is 1.47. The highest BCUT2D eigenvalue weighted by molar-refractivity contribution is 7.91. The molecule has 0 N–H and O–H groups in total. The third-order valence-electron chi connectivity index (χ3n) is 5.90. The first-order valence-corrected chi connectivity index (χ1v) is 13.0. The van der Waals surface area contributed by atoms with Crippen molar-refractivity contribution in [2.24, 2.45) is 0 Å². The van der Waals surface area contributed by atoms with E-state index < -0.39 is 9.84 Å². The van der Waals surface area contributed by atoms with Gasteiger partial charge in [0.2, 0.25) is 26.6 Å². The first-order chi connectivity index (χ1) is 16.5. The fourth-order valence-corrected chi connectivity index (χ4v) is 5.64. The summed E-state index contributed by atoms with van der Waals surface area (Å²) in [4.78, 5) is 8.95. The number of rotatable bonds is 6. The Labute approximate surface area is 204 Å². The number of oxazole rings is 1. The van der Waals surface area contributed by atoms with E-state index >= 15 is 0 Å². The monoisotopic (exact) mass is 493 g/mol. The molecule has 1 aromatic heterocycles. The number of hydrogen-bond donors (Lipinski definition) is 0. The van der Waals surface area contributed by atoms with Crippen molar-refractivity contribution < 1.29 is 12.8 Å². The first-order valence-electron chi connectivity index (χ1n) is 11.1. The molecule has 4 aromatic rings. The molecule has 1 saturated heterocycles. The molecule has 1 fully saturated rings. The lowest BCUT2D eigenvalue weighted by Crippen LogP contribution is -2.46. The van der Waals surface area contributed by atoms with Gasteiger partial charge in [0.1, 0.15) is 0 Å². The molecule has 174 valence electrons. The molecule has 0 saturated carbocycles. The molecule has 0 unspecified atom stereocenters. The highest BCUT2D eigenvalue weighted by atomic mass is 35.5. The first kappa shape index (κ1) is 22.7. The van der Waals surface area contributed by atoms with Crippen molar-refractivity contribution in [2.75, 3.05) is 31.1 Å². The lowest BCUT2D eigenvalue weighted by atomic mass is 10.2. The van der Waals surface area contributed by atoms with Gasteiger partial charge < -0.3 is 9.32 Å². The van der Waals surface area contributed by atoms with Gasteiger partial charge in [0.15, 0.2) is 0 Å². The lowest BCUT2D eigenvalue weighted by Gasteiger charge is -2.34. The minimum absolute atomic E-state index is 0.0786. The molecule has 0 radical (unpaired) electrons. The number of nitrogens with zero attached hydrogens (tertiary/aromatic N) is 3. The van der Waals surface area contributed by atoms with Gasteiger partial charge in [-0.15, -0.1) is 0 Å². The van der Waals surface area contributed by atoms with Crippen molar-refractivity contribution in [1.82, 2.24) is 9.88 Å². The van der Waals surface area contributed by atoms with Crippen molar-refractivity contribution in [1.29, 1.82) is 0 Å². The van der Waals surface area contributed by atoms with Gasteiger partial charge in [-0.25, -0.2) is 8.42 Å². The van der Waals surface area contributed by atoms with E-state index in [1.807, 2.05) is 35.2 Å². The quantitative estimate of drug-likeness (QED) is 0.370. The Hall–Kier alpha value is -3.13. The Morgan fingerprint density at radius 2 is 1.44 bits per heavy atom. The van der Waals surface area contributed by atoms with Crippen molar-refractivity contribution in [3.05, 3.63) is 95.5 Å². The summed E-state index contributed by atoms with van der Waals surface area (Å²) in [6, 6.07) is 25.8. The van der Waals surface area contributed by atoms with Gasteiger partial charge in [0, 0.05) is 32.7 Å². The van der Waals surface area contributed by atoms with Crippen LogP contribution in [0.4, 0.5) is 5.88 Å². The van der Waals surface area contributed by atoms with E-state index in [-0.39, 0.29) is 21.7 Å². The standard InChI is InChI=1S/C26H24ClN3O3S/c27-23-14-8-7-13-22(23)24-28-25(34(31,32)21-11-5-2-6-12-21)26(33-24)30-17-15-29(16-18-30)19-20-9-3-1-4-10-20/h1-14H,15-19H2. The largest absolute Gasteiger partial charge is 0.419 e. The minimum Gasteiger partial charge on any atom is -0.419 e. The van der Waals surface area contributed by atoms with Gasteiger partial charge >= 0.3 is 0 Å². The summed E-state index contributed by atoms with van der Waals surface area (Å²) in [5.41, 5.74) is 1.81. The number of piperazine rings is 1. The molecule has 3 aromatic carbocycles. The van der Waals surface area contributed by atoms with Gasteiger partial charge in [0.25, 0.3) is 0 Å². The zero-order valence-corrected chi connectivity index (χ0v) is 20.0. The maximum Gasteiger partial charge on any atom is 0.236 e. The van der Waals surface area contributed by atoms with Gasteiger partial charge in [-0.05, 0) is 29.8 Å². The normalized spacial score (nSPS) is 14.9. The zero-order valence-electron chi connectivity index (χ0n) is 18.5. The average molecular weight is 494 g/mol. The zero-order chi connectivity index (χ0) is 23.5. The van der Waals surface area contributed by atoms with Gasteiger partial charge in [-0.3, -0.25) is 4.90 Å². The number of anilines is 1. The number of benzene rings is 3. The highest BCUT2D eigenvalue weighted by Crippen LogP contribution is 2.37. The molecule has 0 spiro atoms. The predicted molar refractivity (Wildman–Crippen MR) is 133 cm³/mol. The fourth-order valence-electron chi connectivity index (χ4n) is 4.08. The number of hydrogen-bond acceptors (Lipinski definition) is 6. The van der Waals surface area contributed by atoms with Crippen LogP contribution in [0.25, 0.3) is 11.5 Å². The van der Waals surface area contributed by atoms with Crippen LogP contribution in [-0.2, 0) is 16.4 Å². The molecule has 1 aliphatic rings. The fraction of sp³-hybridized carbons (Fsp3) is 0.192. The number of sulfone groups is 1. The molecule has 1 aliphatic heterocycles. The molecule has 0 aliphatic carbocycles. The molecule has 8 heteroatoms. The van der Waals surface area contributed by atoms with E-state index in [1.54, 1.807) is 42.5 Å². The summed E-state index contributed by atoms with van der Waals surface area (Å²) in [5, 5.41) is 0.372. The van der Waals surface area contributed by atoms with Crippen molar-refractivity contribution >= 4 is 27.3 Å². The molecule has 2 heterocycles. The Morgan fingerprint density at radius 3 is 2.12 bits per heavy atom. The van der Waals surface area contributed by atoms with Crippen molar-refractivity contribution in [3.8, 4) is 11.5 Å². The van der Waals surface area contributed by atoms with Crippen LogP contribution in [0.2, 0.25) is 5.02 Å². The average Bonchev–Trinajstić information content (AvgIpc) is 3.32. The molecule has 0 atom stereocenters. The second kappa shape index (κ2) is 9.62. The molecule has 0 bridgehead atoms. The second-order valence-corrected chi connectivity index (χ2v) is 10.4. The Kier molecular flexibility index (Phi) is 6.41. The minimum atomic E-state index is -3.88. The van der Waals surface area contributed by atoms with Crippen LogP contribution < -0.4 is 4.90 Å². The van der Waals surface area contributed by atoms with E-state index in [9.17, 15) is 8.42 Å². The second-order valence-electron chi connectivity index (χ2n) is 8.17. The Morgan fingerprint density at radius 1 is 0.824 bits per heavy atom.